The Balaban J connectivity index is 2.33. The molecule has 0 bridgehead atoms. The van der Waals surface area contributed by atoms with Gasteiger partial charge in [-0.05, 0) is 12.1 Å². The first-order valence-corrected chi connectivity index (χ1v) is 5.40. The zero-order chi connectivity index (χ0) is 13.1. The maximum absolute atomic E-state index is 13.4. The highest BCUT2D eigenvalue weighted by Gasteiger charge is 2.14. The highest BCUT2D eigenvalue weighted by atomic mass is 35.5. The molecule has 4 nitrogen and oxygen atoms in total. The van der Waals surface area contributed by atoms with Gasteiger partial charge >= 0.3 is 0 Å². The van der Waals surface area contributed by atoms with Gasteiger partial charge in [0.05, 0.1) is 10.7 Å². The molecular weight excluding hydrogens is 259 g/mol. The minimum atomic E-state index is -0.719. The normalized spacial score (nSPS) is 10.1. The maximum atomic E-state index is 13.4. The van der Waals surface area contributed by atoms with Crippen LogP contribution in [0.15, 0.2) is 41.5 Å². The zero-order valence-corrected chi connectivity index (χ0v) is 9.79. The Hall–Kier alpha value is -2.14. The molecule has 2 N–H and O–H groups in total. The predicted molar refractivity (Wildman–Crippen MR) is 66.4 cm³/mol. The number of carbonyl (C=O) groups is 1. The topological polar surface area (TPSA) is 62.0 Å². The van der Waals surface area contributed by atoms with E-state index in [1.165, 1.54) is 30.6 Å². The van der Waals surface area contributed by atoms with Crippen LogP contribution in [0.4, 0.5) is 10.1 Å². The smallest absolute Gasteiger partial charge is 0.261 e. The quantitative estimate of drug-likeness (QED) is 0.877. The van der Waals surface area contributed by atoms with Crippen molar-refractivity contribution in [1.29, 1.82) is 0 Å². The van der Waals surface area contributed by atoms with Gasteiger partial charge < -0.3 is 10.3 Å². The lowest BCUT2D eigenvalue weighted by Gasteiger charge is -2.07. The van der Waals surface area contributed by atoms with Gasteiger partial charge in [-0.15, -0.1) is 0 Å². The van der Waals surface area contributed by atoms with Crippen molar-refractivity contribution in [2.45, 2.75) is 0 Å². The zero-order valence-electron chi connectivity index (χ0n) is 9.04. The number of nitrogens with one attached hydrogen (secondary N) is 2. The number of benzene rings is 1. The van der Waals surface area contributed by atoms with Crippen molar-refractivity contribution in [2.24, 2.45) is 0 Å². The van der Waals surface area contributed by atoms with E-state index in [9.17, 15) is 14.0 Å². The van der Waals surface area contributed by atoms with Gasteiger partial charge in [0.15, 0.2) is 5.43 Å². The largest absolute Gasteiger partial charge is 0.367 e. The number of anilines is 1. The Morgan fingerprint density at radius 2 is 2.11 bits per heavy atom. The number of hydrogen-bond acceptors (Lipinski definition) is 2. The molecule has 0 unspecified atom stereocenters. The molecule has 0 fully saturated rings. The van der Waals surface area contributed by atoms with Gasteiger partial charge in [-0.3, -0.25) is 9.59 Å². The Morgan fingerprint density at radius 3 is 2.78 bits per heavy atom. The molecule has 0 aliphatic rings. The van der Waals surface area contributed by atoms with Gasteiger partial charge in [-0.2, -0.15) is 0 Å². The summed E-state index contributed by atoms with van der Waals surface area (Å²) in [6.45, 7) is 0. The van der Waals surface area contributed by atoms with Gasteiger partial charge in [0, 0.05) is 18.5 Å². The fourth-order valence-electron chi connectivity index (χ4n) is 1.39. The summed E-state index contributed by atoms with van der Waals surface area (Å²) in [4.78, 5) is 25.8. The number of pyridine rings is 1. The molecule has 0 saturated heterocycles. The summed E-state index contributed by atoms with van der Waals surface area (Å²) in [6, 6.07) is 5.23. The summed E-state index contributed by atoms with van der Waals surface area (Å²) in [5, 5.41) is 2.34. The monoisotopic (exact) mass is 266 g/mol. The molecule has 18 heavy (non-hydrogen) atoms. The van der Waals surface area contributed by atoms with Gasteiger partial charge in [-0.25, -0.2) is 4.39 Å². The molecule has 1 aromatic heterocycles. The van der Waals surface area contributed by atoms with Crippen molar-refractivity contribution < 1.29 is 9.18 Å². The first-order valence-electron chi connectivity index (χ1n) is 5.02. The summed E-state index contributed by atoms with van der Waals surface area (Å²) >= 11 is 5.76. The van der Waals surface area contributed by atoms with Crippen LogP contribution in [0.2, 0.25) is 5.02 Å². The predicted octanol–water partition coefficient (Wildman–Crippen LogP) is 2.42. The summed E-state index contributed by atoms with van der Waals surface area (Å²) in [5.74, 6) is -1.38. The van der Waals surface area contributed by atoms with E-state index in [-0.39, 0.29) is 16.3 Å². The van der Waals surface area contributed by atoms with Crippen LogP contribution in [0.3, 0.4) is 0 Å². The summed E-state index contributed by atoms with van der Waals surface area (Å²) in [7, 11) is 0. The van der Waals surface area contributed by atoms with Gasteiger partial charge in [-0.1, -0.05) is 17.7 Å². The van der Waals surface area contributed by atoms with E-state index >= 15 is 0 Å². The second kappa shape index (κ2) is 5.01. The minimum absolute atomic E-state index is 0.0655. The average molecular weight is 267 g/mol. The summed E-state index contributed by atoms with van der Waals surface area (Å²) in [6.07, 6.45) is 2.64. The number of aromatic amines is 1. The second-order valence-corrected chi connectivity index (χ2v) is 3.88. The Morgan fingerprint density at radius 1 is 1.33 bits per heavy atom. The molecular formula is C12H8ClFN2O2. The fourth-order valence-corrected chi connectivity index (χ4v) is 1.60. The van der Waals surface area contributed by atoms with Crippen molar-refractivity contribution >= 4 is 23.2 Å². The number of H-pyrrole nitrogens is 1. The molecule has 2 rings (SSSR count). The molecule has 1 amide bonds. The highest BCUT2D eigenvalue weighted by Crippen LogP contribution is 2.24. The van der Waals surface area contributed by atoms with E-state index in [2.05, 4.69) is 10.3 Å². The second-order valence-electron chi connectivity index (χ2n) is 3.47. The third kappa shape index (κ3) is 2.41. The van der Waals surface area contributed by atoms with Gasteiger partial charge in [0.1, 0.15) is 11.4 Å². The van der Waals surface area contributed by atoms with Crippen molar-refractivity contribution in [3.05, 3.63) is 63.3 Å². The SMILES string of the molecule is O=C(Nc1c(F)cccc1Cl)c1c[nH]ccc1=O. The van der Waals surface area contributed by atoms with Crippen molar-refractivity contribution in [3.63, 3.8) is 0 Å². The van der Waals surface area contributed by atoms with Crippen molar-refractivity contribution in [2.75, 3.05) is 5.32 Å². The summed E-state index contributed by atoms with van der Waals surface area (Å²) < 4.78 is 13.4. The van der Waals surface area contributed by atoms with Crippen LogP contribution in [0.1, 0.15) is 10.4 Å². The molecule has 2 aromatic rings. The van der Waals surface area contributed by atoms with Crippen molar-refractivity contribution in [3.8, 4) is 0 Å². The number of halogens is 2. The van der Waals surface area contributed by atoms with Gasteiger partial charge in [0.2, 0.25) is 0 Å². The number of aromatic nitrogens is 1. The molecule has 0 aliphatic carbocycles. The van der Waals surface area contributed by atoms with Crippen LogP contribution in [-0.4, -0.2) is 10.9 Å². The van der Waals surface area contributed by atoms with Crippen LogP contribution in [0, 0.1) is 5.82 Å². The van der Waals surface area contributed by atoms with Crippen LogP contribution < -0.4 is 10.7 Å². The Kier molecular flexibility index (Phi) is 3.43. The molecule has 6 heteroatoms. The number of hydrogen-bond donors (Lipinski definition) is 2. The first-order chi connectivity index (χ1) is 8.59. The number of amides is 1. The lowest BCUT2D eigenvalue weighted by atomic mass is 10.2. The van der Waals surface area contributed by atoms with E-state index in [0.717, 1.165) is 6.07 Å². The Labute approximate surface area is 106 Å². The number of para-hydroxylation sites is 1. The molecule has 0 radical (unpaired) electrons. The molecule has 0 aliphatic heterocycles. The van der Waals surface area contributed by atoms with E-state index in [1.54, 1.807) is 0 Å². The lowest BCUT2D eigenvalue weighted by Crippen LogP contribution is -2.21. The van der Waals surface area contributed by atoms with Crippen molar-refractivity contribution in [1.82, 2.24) is 4.98 Å². The lowest BCUT2D eigenvalue weighted by molar-refractivity contribution is 0.102. The van der Waals surface area contributed by atoms with E-state index in [4.69, 9.17) is 11.6 Å². The standard InChI is InChI=1S/C12H8ClFN2O2/c13-8-2-1-3-9(14)11(8)16-12(18)7-6-15-5-4-10(7)17/h1-6H,(H,15,17)(H,16,18). The summed E-state index contributed by atoms with van der Waals surface area (Å²) in [5.41, 5.74) is -0.719. The third-order valence-electron chi connectivity index (χ3n) is 2.27. The molecule has 0 spiro atoms. The van der Waals surface area contributed by atoms with Gasteiger partial charge in [0.25, 0.3) is 5.91 Å². The fraction of sp³-hybridized carbons (Fsp3) is 0. The van der Waals surface area contributed by atoms with Crippen LogP contribution in [0.5, 0.6) is 0 Å². The van der Waals surface area contributed by atoms with E-state index in [0.29, 0.717) is 0 Å². The molecule has 0 saturated carbocycles. The van der Waals surface area contributed by atoms with Crippen LogP contribution in [-0.2, 0) is 0 Å². The number of carbonyl (C=O) groups excluding carboxylic acids is 1. The van der Waals surface area contributed by atoms with E-state index in [1.807, 2.05) is 0 Å². The third-order valence-corrected chi connectivity index (χ3v) is 2.58. The maximum Gasteiger partial charge on any atom is 0.261 e. The molecule has 0 atom stereocenters. The van der Waals surface area contributed by atoms with Crippen LogP contribution >= 0.6 is 11.6 Å². The molecule has 1 aromatic carbocycles. The molecule has 92 valence electrons. The Bertz CT molecular complexity index is 634. The average Bonchev–Trinajstić information content (AvgIpc) is 2.34. The van der Waals surface area contributed by atoms with Crippen LogP contribution in [0.25, 0.3) is 0 Å². The first kappa shape index (κ1) is 12.3. The van der Waals surface area contributed by atoms with E-state index < -0.39 is 17.2 Å². The highest BCUT2D eigenvalue weighted by molar-refractivity contribution is 6.33. The molecule has 1 heterocycles. The number of rotatable bonds is 2. The minimum Gasteiger partial charge on any atom is -0.367 e.